The van der Waals surface area contributed by atoms with Crippen LogP contribution in [0.5, 0.6) is 0 Å². The number of nitrogens with two attached hydrogens (primary N) is 1. The number of hydrogen-bond acceptors (Lipinski definition) is 17. The molecule has 4 saturated heterocycles. The van der Waals surface area contributed by atoms with E-state index in [2.05, 4.69) is 0 Å². The highest BCUT2D eigenvalue weighted by Crippen LogP contribution is 2.46. The molecule has 8 rings (SSSR count). The van der Waals surface area contributed by atoms with Crippen LogP contribution in [-0.4, -0.2) is 141 Å². The number of nitro benzene ring substituents is 1. The lowest BCUT2D eigenvalue weighted by molar-refractivity contribution is -0.384. The highest BCUT2D eigenvalue weighted by molar-refractivity contribution is 7.89. The lowest BCUT2D eigenvalue weighted by Crippen LogP contribution is -2.47. The number of non-ortho nitro benzene ring substituents is 1. The van der Waals surface area contributed by atoms with Crippen LogP contribution in [0.2, 0.25) is 0 Å². The molecule has 4 heterocycles. The predicted molar refractivity (Wildman–Crippen MR) is 279 cm³/mol. The Kier molecular flexibility index (Phi) is 20.1. The SMILES string of the molecule is CC(C)CN(C[C@H]1O[P+](=O)N(C(=O)O[C@H]2CCOC2)[C@H]1Cc1ccccc1)S(=O)(=O)c1ccc(N)cc1.CC(C)CN(C[C@H]1O[P+](=O)N(C(=O)O[C@H]2CCOC2)[C@H]1Cc1ccccc1)S(=O)(=O)c1ccc([N+](=O)[O-])cc1. The molecule has 0 saturated carbocycles. The van der Waals surface area contributed by atoms with Gasteiger partial charge in [0.05, 0.1) is 41.1 Å². The average Bonchev–Trinajstić information content (AvgIpc) is 4.21. The quantitative estimate of drug-likeness (QED) is 0.0403. The summed E-state index contributed by atoms with van der Waals surface area (Å²) in [6.45, 7) is 9.06. The third kappa shape index (κ3) is 14.9. The molecule has 2 amide bonds. The van der Waals surface area contributed by atoms with E-state index in [4.69, 9.17) is 33.7 Å². The fraction of sp³-hybridized carbons (Fsp3) is 0.480. The van der Waals surface area contributed by atoms with Crippen LogP contribution in [0.3, 0.4) is 0 Å². The van der Waals surface area contributed by atoms with Gasteiger partial charge < -0.3 is 24.7 Å². The molecular weight excluding hydrogens is 1070 g/mol. The Bertz CT molecular complexity index is 2860. The second kappa shape index (κ2) is 26.2. The smallest absolute Gasteiger partial charge is 0.441 e. The molecule has 8 atom stereocenters. The van der Waals surface area contributed by atoms with Gasteiger partial charge in [-0.3, -0.25) is 10.1 Å². The first-order valence-corrected chi connectivity index (χ1v) is 30.0. The molecule has 4 aromatic carbocycles. The number of carbonyl (C=O) groups excluding carboxylic acids is 2. The van der Waals surface area contributed by atoms with E-state index >= 15 is 0 Å². The number of amides is 2. The standard InChI is InChI=1S/C25H31N3O9PS.C25H33N3O7PS/c1-18(2)15-26(39(33,34)22-10-8-20(9-11-22)28(30)31)16-24-23(14-19-6-4-3-5-7-19)27(38(32)37-24)25(29)36-21-12-13-35-17-21;1-18(2)15-27(37(31,32)22-10-8-20(26)9-11-22)16-24-23(14-19-6-4-3-5-7-19)28(36(30)35-24)25(29)34-21-12-13-33-17-21/h3-11,18,21,23-24H,12-17H2,1-2H3;3-11,18,21,23-24H,12-17,26H2,1-2H3/q2*+1/t2*21-,23-,24+/m00/s1. The Morgan fingerprint density at radius 3 is 1.38 bits per heavy atom. The lowest BCUT2D eigenvalue weighted by atomic mass is 10.0. The topological polar surface area (TPSA) is 274 Å². The summed E-state index contributed by atoms with van der Waals surface area (Å²) in [4.78, 5) is 36.6. The third-order valence-electron chi connectivity index (χ3n) is 12.7. The number of nitrogens with zero attached hydrogens (tertiary/aromatic N) is 5. The van der Waals surface area contributed by atoms with Gasteiger partial charge >= 0.3 is 28.5 Å². The van der Waals surface area contributed by atoms with Gasteiger partial charge in [-0.1, -0.05) is 97.7 Å². The van der Waals surface area contributed by atoms with Crippen molar-refractivity contribution in [2.24, 2.45) is 11.8 Å². The summed E-state index contributed by atoms with van der Waals surface area (Å²) in [5.41, 5.74) is 7.71. The fourth-order valence-electron chi connectivity index (χ4n) is 8.93. The molecule has 410 valence electrons. The van der Waals surface area contributed by atoms with Crippen molar-refractivity contribution in [3.05, 3.63) is 130 Å². The number of sulfonamides is 2. The van der Waals surface area contributed by atoms with Gasteiger partial charge in [-0.2, -0.15) is 8.61 Å². The van der Waals surface area contributed by atoms with Crippen LogP contribution in [0.4, 0.5) is 21.0 Å². The van der Waals surface area contributed by atoms with Crippen LogP contribution in [-0.2, 0) is 70.0 Å². The molecule has 0 bridgehead atoms. The van der Waals surface area contributed by atoms with Gasteiger partial charge in [0.15, 0.2) is 12.2 Å². The zero-order chi connectivity index (χ0) is 54.7. The maximum Gasteiger partial charge on any atom is 0.652 e. The fourth-order valence-corrected chi connectivity index (χ4v) is 14.6. The number of ether oxygens (including phenoxy) is 4. The minimum atomic E-state index is -4.11. The van der Waals surface area contributed by atoms with Gasteiger partial charge in [-0.05, 0) is 68.5 Å². The van der Waals surface area contributed by atoms with Crippen LogP contribution in [0, 0.1) is 22.0 Å². The van der Waals surface area contributed by atoms with Gasteiger partial charge in [-0.15, -0.1) is 9.05 Å². The van der Waals surface area contributed by atoms with E-state index in [-0.39, 0.29) is 73.1 Å². The van der Waals surface area contributed by atoms with Crippen LogP contribution >= 0.6 is 16.4 Å². The van der Waals surface area contributed by atoms with Crippen molar-refractivity contribution in [1.82, 2.24) is 18.0 Å². The van der Waals surface area contributed by atoms with Gasteiger partial charge in [-0.25, -0.2) is 26.4 Å². The van der Waals surface area contributed by atoms with Crippen LogP contribution in [0.1, 0.15) is 51.7 Å². The summed E-state index contributed by atoms with van der Waals surface area (Å²) in [6.07, 6.45) is -2.53. The van der Waals surface area contributed by atoms with Crippen LogP contribution < -0.4 is 5.73 Å². The van der Waals surface area contributed by atoms with Crippen molar-refractivity contribution >= 4 is 60.0 Å². The van der Waals surface area contributed by atoms with Crippen molar-refractivity contribution in [1.29, 1.82) is 0 Å². The summed E-state index contributed by atoms with van der Waals surface area (Å²) < 4.78 is 119. The number of carbonyl (C=O) groups is 2. The van der Waals surface area contributed by atoms with Gasteiger partial charge in [0.1, 0.15) is 24.3 Å². The highest BCUT2D eigenvalue weighted by Gasteiger charge is 2.59. The maximum atomic E-state index is 13.6. The van der Waals surface area contributed by atoms with E-state index in [0.29, 0.717) is 38.2 Å². The zero-order valence-electron chi connectivity index (χ0n) is 42.6. The molecule has 0 radical (unpaired) electrons. The normalized spacial score (nSPS) is 22.8. The second-order valence-corrected chi connectivity index (χ2v) is 25.6. The van der Waals surface area contributed by atoms with Gasteiger partial charge in [0.25, 0.3) is 5.69 Å². The molecule has 22 nitrogen and oxygen atoms in total. The average molecular weight is 1130 g/mol. The Balaban J connectivity index is 0.000000221. The second-order valence-electron chi connectivity index (χ2n) is 19.5. The minimum Gasteiger partial charge on any atom is -0.441 e. The van der Waals surface area contributed by atoms with E-state index < -0.39 is 90.0 Å². The first-order valence-electron chi connectivity index (χ1n) is 24.8. The molecule has 2 unspecified atom stereocenters. The maximum absolute atomic E-state index is 13.6. The van der Waals surface area contributed by atoms with Crippen molar-refractivity contribution in [3.63, 3.8) is 0 Å². The molecule has 76 heavy (non-hydrogen) atoms. The number of hydrogen-bond donors (Lipinski definition) is 1. The molecule has 0 aromatic heterocycles. The molecule has 4 aliphatic rings. The molecule has 4 aliphatic heterocycles. The molecule has 4 aromatic rings. The summed E-state index contributed by atoms with van der Waals surface area (Å²) in [6, 6.07) is 27.8. The minimum absolute atomic E-state index is 0.00901. The van der Waals surface area contributed by atoms with E-state index in [1.54, 1.807) is 0 Å². The van der Waals surface area contributed by atoms with E-state index in [1.807, 2.05) is 88.4 Å². The van der Waals surface area contributed by atoms with Crippen LogP contribution in [0.15, 0.2) is 119 Å². The third-order valence-corrected chi connectivity index (χ3v) is 18.9. The lowest BCUT2D eigenvalue weighted by Gasteiger charge is -2.27. The van der Waals surface area contributed by atoms with Crippen molar-refractivity contribution in [3.8, 4) is 0 Å². The van der Waals surface area contributed by atoms with Crippen LogP contribution in [0.25, 0.3) is 0 Å². The number of nitrogen functional groups attached to an aromatic ring is 1. The van der Waals surface area contributed by atoms with E-state index in [9.17, 15) is 45.7 Å². The molecule has 0 spiro atoms. The number of nitro groups is 1. The van der Waals surface area contributed by atoms with Gasteiger partial charge in [0.2, 0.25) is 20.0 Å². The van der Waals surface area contributed by atoms with Crippen molar-refractivity contribution in [2.45, 2.75) is 99.7 Å². The Hall–Kier alpha value is -5.52. The Morgan fingerprint density at radius 2 is 1.04 bits per heavy atom. The summed E-state index contributed by atoms with van der Waals surface area (Å²) in [5, 5.41) is 11.0. The van der Waals surface area contributed by atoms with Crippen molar-refractivity contribution < 1.29 is 68.5 Å². The number of rotatable bonds is 19. The summed E-state index contributed by atoms with van der Waals surface area (Å²) in [7, 11) is -13.3. The molecule has 4 fully saturated rings. The highest BCUT2D eigenvalue weighted by atomic mass is 32.2. The van der Waals surface area contributed by atoms with E-state index in [0.717, 1.165) is 32.6 Å². The first-order chi connectivity index (χ1) is 36.2. The Labute approximate surface area is 444 Å². The Morgan fingerprint density at radius 1 is 0.658 bits per heavy atom. The molecule has 26 heteroatoms. The largest absolute Gasteiger partial charge is 0.652 e. The zero-order valence-corrected chi connectivity index (χ0v) is 46.0. The molecule has 0 aliphatic carbocycles. The molecule has 2 N–H and O–H groups in total. The summed E-state index contributed by atoms with van der Waals surface area (Å²) >= 11 is 0. The number of benzene rings is 4. The van der Waals surface area contributed by atoms with Gasteiger partial charge in [0, 0.05) is 69.7 Å². The predicted octanol–water partition coefficient (Wildman–Crippen LogP) is 7.95. The number of anilines is 1. The molecular formula is C50H64N6O16P2S2+2. The monoisotopic (exact) mass is 1130 g/mol. The summed E-state index contributed by atoms with van der Waals surface area (Å²) in [5.74, 6) is -0.0706. The van der Waals surface area contributed by atoms with Crippen molar-refractivity contribution in [2.75, 3.05) is 58.3 Å². The van der Waals surface area contributed by atoms with E-state index in [1.165, 1.54) is 45.0 Å². The first kappa shape index (κ1) is 58.2.